The molecule has 0 aliphatic heterocycles. The Morgan fingerprint density at radius 2 is 2.29 bits per heavy atom. The second-order valence-corrected chi connectivity index (χ2v) is 5.06. The van der Waals surface area contributed by atoms with E-state index < -0.39 is 0 Å². The predicted molar refractivity (Wildman–Crippen MR) is 73.3 cm³/mol. The second kappa shape index (κ2) is 5.98. The predicted octanol–water partition coefficient (Wildman–Crippen LogP) is 2.88. The standard InChI is InChI=1S/C13H17BrN2O/c1-4-8-13(3,16-15-10(2)17)11-6-5-7-12(14)9-11/h4-7,9,16H,1,8H2,2-3H3,(H,15,17). The van der Waals surface area contributed by atoms with E-state index in [1.165, 1.54) is 6.92 Å². The zero-order chi connectivity index (χ0) is 12.9. The monoisotopic (exact) mass is 296 g/mol. The summed E-state index contributed by atoms with van der Waals surface area (Å²) in [5.41, 5.74) is 6.41. The minimum absolute atomic E-state index is 0.115. The number of amides is 1. The van der Waals surface area contributed by atoms with Crippen LogP contribution in [0.25, 0.3) is 0 Å². The van der Waals surface area contributed by atoms with E-state index in [9.17, 15) is 4.79 Å². The number of rotatable bonds is 5. The van der Waals surface area contributed by atoms with Crippen molar-refractivity contribution in [3.63, 3.8) is 0 Å². The lowest BCUT2D eigenvalue weighted by atomic mass is 9.89. The number of halogens is 1. The molecule has 92 valence electrons. The number of benzene rings is 1. The molecular weight excluding hydrogens is 280 g/mol. The summed E-state index contributed by atoms with van der Waals surface area (Å²) >= 11 is 3.44. The van der Waals surface area contributed by atoms with Crippen molar-refractivity contribution in [3.8, 4) is 0 Å². The Hall–Kier alpha value is -1.13. The molecule has 0 saturated heterocycles. The van der Waals surface area contributed by atoms with Gasteiger partial charge in [-0.2, -0.15) is 0 Å². The zero-order valence-electron chi connectivity index (χ0n) is 10.1. The van der Waals surface area contributed by atoms with E-state index in [-0.39, 0.29) is 11.4 Å². The minimum atomic E-state index is -0.364. The van der Waals surface area contributed by atoms with E-state index in [1.54, 1.807) is 0 Å². The van der Waals surface area contributed by atoms with Gasteiger partial charge in [0, 0.05) is 11.4 Å². The third-order valence-electron chi connectivity index (χ3n) is 2.53. The van der Waals surface area contributed by atoms with Crippen molar-refractivity contribution >= 4 is 21.8 Å². The lowest BCUT2D eigenvalue weighted by Crippen LogP contribution is -2.49. The summed E-state index contributed by atoms with van der Waals surface area (Å²) < 4.78 is 1.01. The molecule has 2 N–H and O–H groups in total. The summed E-state index contributed by atoms with van der Waals surface area (Å²) in [6, 6.07) is 7.98. The van der Waals surface area contributed by atoms with Crippen LogP contribution in [0.1, 0.15) is 25.8 Å². The lowest BCUT2D eigenvalue weighted by molar-refractivity contribution is -0.120. The molecule has 4 heteroatoms. The number of nitrogens with one attached hydrogen (secondary N) is 2. The summed E-state index contributed by atoms with van der Waals surface area (Å²) in [5.74, 6) is -0.115. The smallest absolute Gasteiger partial charge is 0.230 e. The largest absolute Gasteiger partial charge is 0.291 e. The van der Waals surface area contributed by atoms with Crippen molar-refractivity contribution < 1.29 is 4.79 Å². The van der Waals surface area contributed by atoms with Crippen LogP contribution in [-0.4, -0.2) is 5.91 Å². The van der Waals surface area contributed by atoms with E-state index in [2.05, 4.69) is 33.4 Å². The fourth-order valence-corrected chi connectivity index (χ4v) is 1.99. The van der Waals surface area contributed by atoms with E-state index >= 15 is 0 Å². The van der Waals surface area contributed by atoms with Crippen molar-refractivity contribution in [1.29, 1.82) is 0 Å². The van der Waals surface area contributed by atoms with Gasteiger partial charge in [0.15, 0.2) is 0 Å². The summed E-state index contributed by atoms with van der Waals surface area (Å²) in [5, 5.41) is 0. The van der Waals surface area contributed by atoms with Gasteiger partial charge in [-0.3, -0.25) is 10.2 Å². The Labute approximate surface area is 110 Å². The van der Waals surface area contributed by atoms with Gasteiger partial charge in [-0.15, -0.1) is 6.58 Å². The molecule has 1 aromatic rings. The molecule has 0 bridgehead atoms. The molecule has 0 aliphatic rings. The van der Waals surface area contributed by atoms with Crippen LogP contribution in [0.4, 0.5) is 0 Å². The molecule has 0 heterocycles. The van der Waals surface area contributed by atoms with Gasteiger partial charge in [0.05, 0.1) is 5.54 Å². The van der Waals surface area contributed by atoms with Crippen LogP contribution < -0.4 is 10.9 Å². The highest BCUT2D eigenvalue weighted by Gasteiger charge is 2.25. The molecule has 1 unspecified atom stereocenters. The van der Waals surface area contributed by atoms with Gasteiger partial charge >= 0.3 is 0 Å². The van der Waals surface area contributed by atoms with Crippen LogP contribution in [0, 0.1) is 0 Å². The fraction of sp³-hybridized carbons (Fsp3) is 0.308. The molecule has 1 rings (SSSR count). The lowest BCUT2D eigenvalue weighted by Gasteiger charge is -2.30. The van der Waals surface area contributed by atoms with Crippen molar-refractivity contribution in [2.24, 2.45) is 0 Å². The van der Waals surface area contributed by atoms with Crippen LogP contribution in [0.5, 0.6) is 0 Å². The van der Waals surface area contributed by atoms with Gasteiger partial charge in [0.25, 0.3) is 0 Å². The molecule has 0 spiro atoms. The summed E-state index contributed by atoms with van der Waals surface area (Å²) in [6.45, 7) is 7.25. The number of carbonyl (C=O) groups is 1. The first-order valence-electron chi connectivity index (χ1n) is 5.38. The van der Waals surface area contributed by atoms with Crippen LogP contribution >= 0.6 is 15.9 Å². The Balaban J connectivity index is 2.97. The van der Waals surface area contributed by atoms with Crippen molar-refractivity contribution in [3.05, 3.63) is 47.0 Å². The molecule has 1 atom stereocenters. The molecule has 0 aliphatic carbocycles. The zero-order valence-corrected chi connectivity index (χ0v) is 11.7. The molecule has 0 aromatic heterocycles. The summed E-state index contributed by atoms with van der Waals surface area (Å²) in [4.78, 5) is 11.0. The maximum absolute atomic E-state index is 11.0. The molecule has 17 heavy (non-hydrogen) atoms. The van der Waals surface area contributed by atoms with Crippen LogP contribution in [0.3, 0.4) is 0 Å². The molecular formula is C13H17BrN2O. The fourth-order valence-electron chi connectivity index (χ4n) is 1.59. The average Bonchev–Trinajstić information content (AvgIpc) is 2.27. The molecule has 1 amide bonds. The number of hydrogen-bond donors (Lipinski definition) is 2. The maximum atomic E-state index is 11.0. The highest BCUT2D eigenvalue weighted by atomic mass is 79.9. The molecule has 0 fully saturated rings. The summed E-state index contributed by atoms with van der Waals surface area (Å²) in [6.07, 6.45) is 2.54. The topological polar surface area (TPSA) is 41.1 Å². The van der Waals surface area contributed by atoms with Crippen molar-refractivity contribution in [2.45, 2.75) is 25.8 Å². The highest BCUT2D eigenvalue weighted by Crippen LogP contribution is 2.26. The first kappa shape index (κ1) is 13.9. The molecule has 3 nitrogen and oxygen atoms in total. The quantitative estimate of drug-likeness (QED) is 0.648. The van der Waals surface area contributed by atoms with Gasteiger partial charge < -0.3 is 0 Å². The van der Waals surface area contributed by atoms with Crippen molar-refractivity contribution in [1.82, 2.24) is 10.9 Å². The van der Waals surface area contributed by atoms with Crippen molar-refractivity contribution in [2.75, 3.05) is 0 Å². The molecule has 0 saturated carbocycles. The van der Waals surface area contributed by atoms with Gasteiger partial charge in [0.2, 0.25) is 5.91 Å². The minimum Gasteiger partial charge on any atom is -0.291 e. The Morgan fingerprint density at radius 1 is 1.59 bits per heavy atom. The second-order valence-electron chi connectivity index (χ2n) is 4.14. The van der Waals surface area contributed by atoms with Gasteiger partial charge in [-0.1, -0.05) is 34.1 Å². The Bertz CT molecular complexity index is 420. The van der Waals surface area contributed by atoms with Crippen LogP contribution in [0.15, 0.2) is 41.4 Å². The van der Waals surface area contributed by atoms with E-state index in [0.29, 0.717) is 6.42 Å². The van der Waals surface area contributed by atoms with E-state index in [0.717, 1.165) is 10.0 Å². The van der Waals surface area contributed by atoms with Crippen LogP contribution in [-0.2, 0) is 10.3 Å². The van der Waals surface area contributed by atoms with Gasteiger partial charge in [0.1, 0.15) is 0 Å². The number of carbonyl (C=O) groups excluding carboxylic acids is 1. The van der Waals surface area contributed by atoms with Gasteiger partial charge in [-0.25, -0.2) is 5.43 Å². The van der Waals surface area contributed by atoms with E-state index in [1.807, 2.05) is 37.3 Å². The SMILES string of the molecule is C=CCC(C)(NNC(C)=O)c1cccc(Br)c1. The third kappa shape index (κ3) is 3.98. The molecule has 1 aromatic carbocycles. The third-order valence-corrected chi connectivity index (χ3v) is 3.02. The first-order chi connectivity index (χ1) is 7.98. The molecule has 0 radical (unpaired) electrons. The highest BCUT2D eigenvalue weighted by molar-refractivity contribution is 9.10. The Morgan fingerprint density at radius 3 is 2.82 bits per heavy atom. The average molecular weight is 297 g/mol. The Kier molecular flexibility index (Phi) is 4.90. The van der Waals surface area contributed by atoms with E-state index in [4.69, 9.17) is 0 Å². The van der Waals surface area contributed by atoms with Crippen LogP contribution in [0.2, 0.25) is 0 Å². The summed E-state index contributed by atoms with van der Waals surface area (Å²) in [7, 11) is 0. The maximum Gasteiger partial charge on any atom is 0.230 e. The first-order valence-corrected chi connectivity index (χ1v) is 6.18. The van der Waals surface area contributed by atoms with Gasteiger partial charge in [-0.05, 0) is 31.0 Å². The normalized spacial score (nSPS) is 13.8. The number of hydrazine groups is 1. The number of hydrogen-bond acceptors (Lipinski definition) is 2.